The van der Waals surface area contributed by atoms with Gasteiger partial charge in [-0.2, -0.15) is 0 Å². The molecular formula is C15H28BrNO2. The minimum atomic E-state index is -0.143. The molecule has 0 saturated carbocycles. The Hall–Kier alpha value is -0.610. The molecule has 0 atom stereocenters. The van der Waals surface area contributed by atoms with Crippen molar-refractivity contribution in [3.05, 3.63) is 23.3 Å². The van der Waals surface area contributed by atoms with E-state index in [4.69, 9.17) is 4.74 Å². The molecule has 19 heavy (non-hydrogen) atoms. The van der Waals surface area contributed by atoms with Crippen molar-refractivity contribution in [2.24, 2.45) is 0 Å². The number of likely N-dealkylation sites (N-methyl/N-ethyl adjacent to an activating group) is 1. The van der Waals surface area contributed by atoms with Crippen molar-refractivity contribution in [1.82, 2.24) is 0 Å². The van der Waals surface area contributed by atoms with Gasteiger partial charge in [0.15, 0.2) is 6.54 Å². The maximum atomic E-state index is 11.5. The van der Waals surface area contributed by atoms with Gasteiger partial charge in [-0.25, -0.2) is 4.79 Å². The van der Waals surface area contributed by atoms with Crippen LogP contribution < -0.4 is 17.0 Å². The average Bonchev–Trinajstić information content (AvgIpc) is 2.13. The molecule has 0 aliphatic heterocycles. The van der Waals surface area contributed by atoms with Crippen LogP contribution in [0.1, 0.15) is 33.6 Å². The average molecular weight is 334 g/mol. The highest BCUT2D eigenvalue weighted by molar-refractivity contribution is 5.70. The van der Waals surface area contributed by atoms with Crippen molar-refractivity contribution in [2.75, 3.05) is 34.3 Å². The van der Waals surface area contributed by atoms with Crippen LogP contribution in [0.5, 0.6) is 0 Å². The van der Waals surface area contributed by atoms with Gasteiger partial charge in [-0.1, -0.05) is 17.2 Å². The Morgan fingerprint density at radius 2 is 1.68 bits per heavy atom. The standard InChI is InChI=1S/C15H28NO2.BrH/c1-13(2)8-7-9-14(3)10-11-18-15(17)12-16(4,5)6;/h8,10H,7,9,11-12H2,1-6H3;1H/q+1;/p-1. The Kier molecular flexibility index (Phi) is 11.1. The molecule has 0 aromatic carbocycles. The predicted molar refractivity (Wildman–Crippen MR) is 76.3 cm³/mol. The number of carbonyl (C=O) groups is 1. The first-order valence-corrected chi connectivity index (χ1v) is 6.46. The number of allylic oxidation sites excluding steroid dienone is 3. The number of quaternary nitrogens is 1. The van der Waals surface area contributed by atoms with Gasteiger partial charge in [0.2, 0.25) is 0 Å². The van der Waals surface area contributed by atoms with Gasteiger partial charge in [0.05, 0.1) is 21.1 Å². The topological polar surface area (TPSA) is 26.3 Å². The lowest BCUT2D eigenvalue weighted by molar-refractivity contribution is -0.862. The zero-order valence-electron chi connectivity index (χ0n) is 13.1. The molecule has 0 radical (unpaired) electrons. The van der Waals surface area contributed by atoms with Crippen LogP contribution >= 0.6 is 0 Å². The SMILES string of the molecule is CC(C)=CCCC(C)=CCOC(=O)C[N+](C)(C)C.[Br-]. The van der Waals surface area contributed by atoms with Crippen LogP contribution in [-0.4, -0.2) is 44.7 Å². The fourth-order valence-corrected chi connectivity index (χ4v) is 1.40. The van der Waals surface area contributed by atoms with Gasteiger partial charge in [-0.15, -0.1) is 0 Å². The smallest absolute Gasteiger partial charge is 0.362 e. The quantitative estimate of drug-likeness (QED) is 0.370. The number of hydrogen-bond acceptors (Lipinski definition) is 2. The van der Waals surface area contributed by atoms with E-state index in [1.807, 2.05) is 27.2 Å². The maximum Gasteiger partial charge on any atom is 0.362 e. The highest BCUT2D eigenvalue weighted by atomic mass is 79.9. The predicted octanol–water partition coefficient (Wildman–Crippen LogP) is -0.0675. The maximum absolute atomic E-state index is 11.5. The largest absolute Gasteiger partial charge is 1.00 e. The van der Waals surface area contributed by atoms with Gasteiger partial charge in [0, 0.05) is 0 Å². The van der Waals surface area contributed by atoms with Crippen molar-refractivity contribution in [2.45, 2.75) is 33.6 Å². The van der Waals surface area contributed by atoms with Crippen molar-refractivity contribution < 1.29 is 31.0 Å². The number of ether oxygens (including phenoxy) is 1. The number of halogens is 1. The summed E-state index contributed by atoms with van der Waals surface area (Å²) >= 11 is 0. The lowest BCUT2D eigenvalue weighted by atomic mass is 10.1. The summed E-state index contributed by atoms with van der Waals surface area (Å²) in [6.07, 6.45) is 6.29. The van der Waals surface area contributed by atoms with Gasteiger partial charge in [0.1, 0.15) is 6.61 Å². The molecule has 0 fully saturated rings. The summed E-state index contributed by atoms with van der Waals surface area (Å²) in [5, 5.41) is 0. The van der Waals surface area contributed by atoms with Gasteiger partial charge in [-0.05, 0) is 39.7 Å². The lowest BCUT2D eigenvalue weighted by Crippen LogP contribution is -3.00. The van der Waals surface area contributed by atoms with Crippen LogP contribution in [0.3, 0.4) is 0 Å². The summed E-state index contributed by atoms with van der Waals surface area (Å²) in [6.45, 7) is 7.08. The summed E-state index contributed by atoms with van der Waals surface area (Å²) in [5.41, 5.74) is 2.61. The van der Waals surface area contributed by atoms with E-state index in [2.05, 4.69) is 26.8 Å². The third-order valence-electron chi connectivity index (χ3n) is 2.37. The van der Waals surface area contributed by atoms with Crippen molar-refractivity contribution in [1.29, 1.82) is 0 Å². The van der Waals surface area contributed by atoms with Gasteiger partial charge < -0.3 is 26.2 Å². The van der Waals surface area contributed by atoms with Crippen molar-refractivity contribution in [3.8, 4) is 0 Å². The third kappa shape index (κ3) is 15.3. The monoisotopic (exact) mass is 333 g/mol. The van der Waals surface area contributed by atoms with E-state index in [0.717, 1.165) is 12.8 Å². The van der Waals surface area contributed by atoms with E-state index in [0.29, 0.717) is 17.6 Å². The van der Waals surface area contributed by atoms with E-state index in [-0.39, 0.29) is 23.0 Å². The van der Waals surface area contributed by atoms with E-state index < -0.39 is 0 Å². The minimum absolute atomic E-state index is 0. The third-order valence-corrected chi connectivity index (χ3v) is 2.37. The number of nitrogens with zero attached hydrogens (tertiary/aromatic N) is 1. The van der Waals surface area contributed by atoms with E-state index in [1.165, 1.54) is 11.1 Å². The number of carbonyl (C=O) groups excluding carboxylic acids is 1. The molecule has 0 spiro atoms. The summed E-state index contributed by atoms with van der Waals surface area (Å²) in [4.78, 5) is 11.5. The molecule has 0 aliphatic carbocycles. The molecule has 4 heteroatoms. The van der Waals surface area contributed by atoms with E-state index in [9.17, 15) is 4.79 Å². The number of rotatable bonds is 7. The van der Waals surface area contributed by atoms with Gasteiger partial charge in [-0.3, -0.25) is 0 Å². The van der Waals surface area contributed by atoms with E-state index >= 15 is 0 Å². The zero-order valence-corrected chi connectivity index (χ0v) is 14.7. The number of esters is 1. The summed E-state index contributed by atoms with van der Waals surface area (Å²) < 4.78 is 5.77. The summed E-state index contributed by atoms with van der Waals surface area (Å²) in [5.74, 6) is -0.143. The summed E-state index contributed by atoms with van der Waals surface area (Å²) in [7, 11) is 5.92. The molecule has 0 heterocycles. The molecule has 0 N–H and O–H groups in total. The fraction of sp³-hybridized carbons (Fsp3) is 0.667. The zero-order chi connectivity index (χ0) is 14.2. The molecule has 3 nitrogen and oxygen atoms in total. The highest BCUT2D eigenvalue weighted by Crippen LogP contribution is 2.06. The van der Waals surface area contributed by atoms with Crippen LogP contribution in [-0.2, 0) is 9.53 Å². The second-order valence-electron chi connectivity index (χ2n) is 6.00. The normalized spacial score (nSPS) is 11.6. The summed E-state index contributed by atoms with van der Waals surface area (Å²) in [6, 6.07) is 0. The molecular weight excluding hydrogens is 306 g/mol. The van der Waals surface area contributed by atoms with Crippen molar-refractivity contribution >= 4 is 5.97 Å². The molecule has 112 valence electrons. The van der Waals surface area contributed by atoms with E-state index in [1.54, 1.807) is 0 Å². The first-order chi connectivity index (χ1) is 8.20. The Bertz CT molecular complexity index is 324. The van der Waals surface area contributed by atoms with Gasteiger partial charge in [0.25, 0.3) is 0 Å². The van der Waals surface area contributed by atoms with Crippen LogP contribution in [0.4, 0.5) is 0 Å². The second kappa shape index (κ2) is 10.2. The Balaban J connectivity index is 0. The first-order valence-electron chi connectivity index (χ1n) is 6.46. The molecule has 0 bridgehead atoms. The van der Waals surface area contributed by atoms with Crippen LogP contribution in [0.25, 0.3) is 0 Å². The minimum Gasteiger partial charge on any atom is -1.00 e. The van der Waals surface area contributed by atoms with Crippen LogP contribution in [0.2, 0.25) is 0 Å². The Morgan fingerprint density at radius 1 is 1.11 bits per heavy atom. The molecule has 0 unspecified atom stereocenters. The van der Waals surface area contributed by atoms with Crippen molar-refractivity contribution in [3.63, 3.8) is 0 Å². The molecule has 0 aliphatic rings. The first kappa shape index (κ1) is 20.7. The second-order valence-corrected chi connectivity index (χ2v) is 6.00. The Labute approximate surface area is 128 Å². The lowest BCUT2D eigenvalue weighted by Gasteiger charge is -2.22. The van der Waals surface area contributed by atoms with Crippen LogP contribution in [0, 0.1) is 0 Å². The van der Waals surface area contributed by atoms with Gasteiger partial charge >= 0.3 is 5.97 Å². The number of hydrogen-bond donors (Lipinski definition) is 0. The van der Waals surface area contributed by atoms with Crippen LogP contribution in [0.15, 0.2) is 23.3 Å². The molecule has 0 amide bonds. The molecule has 0 aromatic heterocycles. The molecule has 0 rings (SSSR count). The Morgan fingerprint density at radius 3 is 2.16 bits per heavy atom. The molecule has 0 aromatic rings. The highest BCUT2D eigenvalue weighted by Gasteiger charge is 2.14. The fourth-order valence-electron chi connectivity index (χ4n) is 1.40. The molecule has 0 saturated heterocycles.